The molecule has 1 aliphatic heterocycles. The lowest BCUT2D eigenvalue weighted by Crippen LogP contribution is -2.49. The van der Waals surface area contributed by atoms with Gasteiger partial charge in [-0.2, -0.15) is 0 Å². The fourth-order valence-corrected chi connectivity index (χ4v) is 5.79. The summed E-state index contributed by atoms with van der Waals surface area (Å²) in [7, 11) is 0. The summed E-state index contributed by atoms with van der Waals surface area (Å²) in [5.74, 6) is -0.420. The van der Waals surface area contributed by atoms with E-state index in [0.717, 1.165) is 22.4 Å². The second-order valence-corrected chi connectivity index (χ2v) is 11.3. The van der Waals surface area contributed by atoms with Gasteiger partial charge in [-0.1, -0.05) is 108 Å². The molecule has 1 atom stereocenters. The van der Waals surface area contributed by atoms with Gasteiger partial charge in [-0.3, -0.25) is 14.5 Å². The van der Waals surface area contributed by atoms with Crippen LogP contribution < -0.4 is 10.2 Å². The molecular weight excluding hydrogens is 498 g/mol. The highest BCUT2D eigenvalue weighted by molar-refractivity contribution is 6.19. The number of urea groups is 1. The van der Waals surface area contributed by atoms with Crippen molar-refractivity contribution < 1.29 is 14.4 Å². The number of anilines is 2. The summed E-state index contributed by atoms with van der Waals surface area (Å²) in [6.45, 7) is 14.2. The Morgan fingerprint density at radius 3 is 1.85 bits per heavy atom. The van der Waals surface area contributed by atoms with E-state index in [1.165, 1.54) is 4.90 Å². The molecule has 0 saturated carbocycles. The van der Waals surface area contributed by atoms with Crippen LogP contribution in [0.25, 0.3) is 0 Å². The SMILES string of the molecule is CCC1(CC)C(=O)N(C(C(=O)Nc2c(C(C)C)cccc2C(C)C)c2ccccc2)C(=O)N1c1ccc(C)cc1. The molecule has 3 aromatic carbocycles. The van der Waals surface area contributed by atoms with Gasteiger partial charge in [-0.15, -0.1) is 0 Å². The number of benzene rings is 3. The van der Waals surface area contributed by atoms with E-state index >= 15 is 0 Å². The molecule has 1 fully saturated rings. The molecule has 3 aromatic rings. The summed E-state index contributed by atoms with van der Waals surface area (Å²) >= 11 is 0. The Bertz CT molecular complexity index is 1350. The summed E-state index contributed by atoms with van der Waals surface area (Å²) < 4.78 is 0. The number of nitrogens with zero attached hydrogens (tertiary/aromatic N) is 2. The molecule has 1 heterocycles. The van der Waals surface area contributed by atoms with Gasteiger partial charge in [0.1, 0.15) is 11.6 Å². The highest BCUT2D eigenvalue weighted by Gasteiger charge is 2.58. The first-order valence-corrected chi connectivity index (χ1v) is 14.3. The van der Waals surface area contributed by atoms with Gasteiger partial charge in [-0.25, -0.2) is 9.69 Å². The average molecular weight is 540 g/mol. The first kappa shape index (κ1) is 29.1. The Labute approximate surface area is 238 Å². The third-order valence-corrected chi connectivity index (χ3v) is 8.15. The number of carbonyl (C=O) groups excluding carboxylic acids is 3. The van der Waals surface area contributed by atoms with Gasteiger partial charge in [0.2, 0.25) is 0 Å². The predicted octanol–water partition coefficient (Wildman–Crippen LogP) is 7.95. The van der Waals surface area contributed by atoms with Gasteiger partial charge >= 0.3 is 6.03 Å². The van der Waals surface area contributed by atoms with Crippen molar-refractivity contribution in [1.82, 2.24) is 4.90 Å². The molecule has 0 radical (unpaired) electrons. The molecule has 1 saturated heterocycles. The Morgan fingerprint density at radius 2 is 1.35 bits per heavy atom. The van der Waals surface area contributed by atoms with Gasteiger partial charge < -0.3 is 5.32 Å². The predicted molar refractivity (Wildman–Crippen MR) is 162 cm³/mol. The molecule has 6 heteroatoms. The van der Waals surface area contributed by atoms with Crippen LogP contribution in [0.1, 0.15) is 94.5 Å². The first-order valence-electron chi connectivity index (χ1n) is 14.3. The minimum absolute atomic E-state index is 0.170. The number of imide groups is 1. The molecule has 0 aliphatic carbocycles. The Balaban J connectivity index is 1.86. The van der Waals surface area contributed by atoms with Crippen molar-refractivity contribution in [2.45, 2.75) is 84.7 Å². The maximum Gasteiger partial charge on any atom is 0.333 e. The lowest BCUT2D eigenvalue weighted by molar-refractivity contribution is -0.137. The normalized spacial score (nSPS) is 15.7. The lowest BCUT2D eigenvalue weighted by atomic mass is 9.89. The standard InChI is InChI=1S/C34H41N3O3/c1-8-34(9-2)32(39)36(33(40)37(34)26-20-18-24(7)19-21-26)30(25-14-11-10-12-15-25)31(38)35-29-27(22(3)4)16-13-17-28(29)23(5)6/h10-23,30H,8-9H2,1-7H3,(H,35,38). The van der Waals surface area contributed by atoms with E-state index in [0.29, 0.717) is 24.1 Å². The second kappa shape index (κ2) is 11.7. The van der Waals surface area contributed by atoms with Crippen molar-refractivity contribution >= 4 is 29.2 Å². The summed E-state index contributed by atoms with van der Waals surface area (Å²) in [5, 5.41) is 3.18. The van der Waals surface area contributed by atoms with Crippen LogP contribution in [0, 0.1) is 6.92 Å². The van der Waals surface area contributed by atoms with E-state index in [-0.39, 0.29) is 17.7 Å². The fourth-order valence-electron chi connectivity index (χ4n) is 5.79. The highest BCUT2D eigenvalue weighted by atomic mass is 16.2. The number of carbonyl (C=O) groups is 3. The van der Waals surface area contributed by atoms with Gasteiger partial charge in [0.15, 0.2) is 0 Å². The zero-order valence-corrected chi connectivity index (χ0v) is 24.7. The van der Waals surface area contributed by atoms with Crippen molar-refractivity contribution in [3.05, 3.63) is 95.1 Å². The van der Waals surface area contributed by atoms with Crippen LogP contribution in [0.4, 0.5) is 16.2 Å². The molecule has 0 spiro atoms. The summed E-state index contributed by atoms with van der Waals surface area (Å²) in [4.78, 5) is 45.8. The average Bonchev–Trinajstić information content (AvgIpc) is 3.16. The van der Waals surface area contributed by atoms with E-state index in [1.807, 2.05) is 81.4 Å². The summed E-state index contributed by atoms with van der Waals surface area (Å²) in [6.07, 6.45) is 0.852. The van der Waals surface area contributed by atoms with Crippen LogP contribution in [0.5, 0.6) is 0 Å². The summed E-state index contributed by atoms with van der Waals surface area (Å²) in [5.41, 5.74) is 4.00. The summed E-state index contributed by atoms with van der Waals surface area (Å²) in [6, 6.07) is 21.2. The molecule has 1 unspecified atom stereocenters. The molecule has 6 nitrogen and oxygen atoms in total. The number of hydrogen-bond acceptors (Lipinski definition) is 3. The Morgan fingerprint density at radius 1 is 0.800 bits per heavy atom. The third-order valence-electron chi connectivity index (χ3n) is 8.15. The lowest BCUT2D eigenvalue weighted by Gasteiger charge is -2.33. The molecular formula is C34H41N3O3. The van der Waals surface area contributed by atoms with Gasteiger partial charge in [0, 0.05) is 11.4 Å². The van der Waals surface area contributed by atoms with Crippen LogP contribution in [-0.2, 0) is 9.59 Å². The van der Waals surface area contributed by atoms with Gasteiger partial charge in [0.25, 0.3) is 11.8 Å². The maximum atomic E-state index is 14.4. The van der Waals surface area contributed by atoms with E-state index in [2.05, 4.69) is 33.0 Å². The van der Waals surface area contributed by atoms with Crippen molar-refractivity contribution in [3.63, 3.8) is 0 Å². The molecule has 4 amide bonds. The van der Waals surface area contributed by atoms with Crippen LogP contribution in [0.3, 0.4) is 0 Å². The van der Waals surface area contributed by atoms with Crippen molar-refractivity contribution in [1.29, 1.82) is 0 Å². The third kappa shape index (κ3) is 5.03. The molecule has 0 bridgehead atoms. The molecule has 210 valence electrons. The van der Waals surface area contributed by atoms with E-state index < -0.39 is 23.5 Å². The molecule has 0 aromatic heterocycles. The second-order valence-electron chi connectivity index (χ2n) is 11.3. The van der Waals surface area contributed by atoms with Crippen LogP contribution in [-0.4, -0.2) is 28.3 Å². The molecule has 1 aliphatic rings. The fraction of sp³-hybridized carbons (Fsp3) is 0.382. The van der Waals surface area contributed by atoms with E-state index in [9.17, 15) is 14.4 Å². The Kier molecular flexibility index (Phi) is 8.48. The maximum absolute atomic E-state index is 14.4. The van der Waals surface area contributed by atoms with E-state index in [1.54, 1.807) is 17.0 Å². The van der Waals surface area contributed by atoms with Crippen LogP contribution >= 0.6 is 0 Å². The van der Waals surface area contributed by atoms with E-state index in [4.69, 9.17) is 0 Å². The quantitative estimate of drug-likeness (QED) is 0.281. The first-order chi connectivity index (χ1) is 19.1. The van der Waals surface area contributed by atoms with Gasteiger partial charge in [0.05, 0.1) is 0 Å². The Hall–Kier alpha value is -3.93. The minimum Gasteiger partial charge on any atom is -0.323 e. The molecule has 4 rings (SSSR count). The number of amides is 4. The monoisotopic (exact) mass is 539 g/mol. The topological polar surface area (TPSA) is 69.7 Å². The number of aryl methyl sites for hydroxylation is 1. The minimum atomic E-state index is -1.13. The molecule has 1 N–H and O–H groups in total. The smallest absolute Gasteiger partial charge is 0.323 e. The largest absolute Gasteiger partial charge is 0.333 e. The van der Waals surface area contributed by atoms with Crippen molar-refractivity contribution in [3.8, 4) is 0 Å². The number of hydrogen-bond donors (Lipinski definition) is 1. The molecule has 40 heavy (non-hydrogen) atoms. The van der Waals surface area contributed by atoms with Crippen LogP contribution in [0.15, 0.2) is 72.8 Å². The van der Waals surface area contributed by atoms with Gasteiger partial charge in [-0.05, 0) is 60.4 Å². The highest BCUT2D eigenvalue weighted by Crippen LogP contribution is 2.43. The number of nitrogens with one attached hydrogen (secondary N) is 1. The number of rotatable bonds is 9. The zero-order valence-electron chi connectivity index (χ0n) is 24.7. The van der Waals surface area contributed by atoms with Crippen LogP contribution in [0.2, 0.25) is 0 Å². The number of para-hydroxylation sites is 1. The van der Waals surface area contributed by atoms with Crippen molar-refractivity contribution in [2.75, 3.05) is 10.2 Å². The van der Waals surface area contributed by atoms with Crippen molar-refractivity contribution in [2.24, 2.45) is 0 Å². The zero-order chi connectivity index (χ0) is 29.2.